The molecule has 1 heterocycles. The molecule has 0 bridgehead atoms. The number of rotatable bonds is 5. The van der Waals surface area contributed by atoms with Gasteiger partial charge in [0.2, 0.25) is 0 Å². The minimum absolute atomic E-state index is 0.136. The second-order valence-electron chi connectivity index (χ2n) is 9.96. The summed E-state index contributed by atoms with van der Waals surface area (Å²) in [6.07, 6.45) is 1.70. The van der Waals surface area contributed by atoms with E-state index in [-0.39, 0.29) is 23.6 Å². The Balaban J connectivity index is 1.98. The molecule has 1 fully saturated rings. The Labute approximate surface area is 195 Å². The van der Waals surface area contributed by atoms with E-state index in [9.17, 15) is 4.79 Å². The lowest BCUT2D eigenvalue weighted by Crippen LogP contribution is -2.50. The van der Waals surface area contributed by atoms with E-state index in [1.54, 1.807) is 0 Å². The average Bonchev–Trinajstić information content (AvgIpc) is 2.95. The van der Waals surface area contributed by atoms with Crippen molar-refractivity contribution in [3.05, 3.63) is 71.8 Å². The first-order chi connectivity index (χ1) is 14.1. The Morgan fingerprint density at radius 2 is 1.57 bits per heavy atom. The molecule has 2 aromatic carbocycles. The van der Waals surface area contributed by atoms with Crippen LogP contribution in [0, 0.1) is 5.92 Å². The molecule has 2 atom stereocenters. The van der Waals surface area contributed by atoms with Gasteiger partial charge in [-0.25, -0.2) is 4.79 Å². The lowest BCUT2D eigenvalue weighted by Gasteiger charge is -2.38. The maximum absolute atomic E-state index is 13.3. The Morgan fingerprint density at radius 1 is 1.07 bits per heavy atom. The Hall–Kier alpha value is -1.56. The minimum Gasteiger partial charge on any atom is -0.444 e. The maximum atomic E-state index is 13.3. The average molecular weight is 519 g/mol. The number of likely N-dealkylation sites (tertiary alicyclic amines) is 1. The van der Waals surface area contributed by atoms with Gasteiger partial charge in [-0.1, -0.05) is 83.3 Å². The summed E-state index contributed by atoms with van der Waals surface area (Å²) >= 11 is 2.48. The number of hydrogen-bond acceptors (Lipinski definition) is 2. The topological polar surface area (TPSA) is 29.5 Å². The molecule has 1 amide bonds. The number of halogens is 1. The van der Waals surface area contributed by atoms with E-state index in [1.807, 2.05) is 25.7 Å². The smallest absolute Gasteiger partial charge is 0.410 e. The highest BCUT2D eigenvalue weighted by atomic mass is 127. The molecule has 2 unspecified atom stereocenters. The second kappa shape index (κ2) is 9.29. The van der Waals surface area contributed by atoms with Crippen molar-refractivity contribution >= 4 is 28.7 Å². The summed E-state index contributed by atoms with van der Waals surface area (Å²) in [5.41, 5.74) is 1.87. The molecule has 0 aliphatic carbocycles. The van der Waals surface area contributed by atoms with Crippen molar-refractivity contribution in [3.63, 3.8) is 0 Å². The number of alkyl halides is 1. The van der Waals surface area contributed by atoms with Gasteiger partial charge in [-0.15, -0.1) is 0 Å². The number of ether oxygens (including phenoxy) is 1. The molecule has 0 spiro atoms. The van der Waals surface area contributed by atoms with Gasteiger partial charge < -0.3 is 4.74 Å². The summed E-state index contributed by atoms with van der Waals surface area (Å²) in [6, 6.07) is 21.5. The summed E-state index contributed by atoms with van der Waals surface area (Å²) < 4.78 is 6.89. The normalized spacial score (nSPS) is 21.1. The van der Waals surface area contributed by atoms with Gasteiger partial charge in [0.25, 0.3) is 0 Å². The molecule has 4 heteroatoms. The molecule has 0 aromatic heterocycles. The van der Waals surface area contributed by atoms with Gasteiger partial charge in [0.05, 0.1) is 0 Å². The Bertz CT molecular complexity index is 790. The summed E-state index contributed by atoms with van der Waals surface area (Å²) in [7, 11) is 0. The first-order valence-corrected chi connectivity index (χ1v) is 12.3. The lowest BCUT2D eigenvalue weighted by molar-refractivity contribution is 0.00157. The van der Waals surface area contributed by atoms with Gasteiger partial charge in [-0.05, 0) is 64.5 Å². The van der Waals surface area contributed by atoms with Crippen molar-refractivity contribution in [2.45, 2.75) is 70.6 Å². The van der Waals surface area contributed by atoms with Crippen molar-refractivity contribution in [1.82, 2.24) is 4.90 Å². The molecule has 1 aliphatic heterocycles. The van der Waals surface area contributed by atoms with Gasteiger partial charge in [-0.3, -0.25) is 4.90 Å². The number of hydrogen-bond donors (Lipinski definition) is 0. The maximum Gasteiger partial charge on any atom is 0.410 e. The largest absolute Gasteiger partial charge is 0.444 e. The molecule has 162 valence electrons. The highest BCUT2D eigenvalue weighted by Crippen LogP contribution is 2.44. The molecule has 1 saturated heterocycles. The summed E-state index contributed by atoms with van der Waals surface area (Å²) in [4.78, 5) is 15.3. The van der Waals surface area contributed by atoms with Crippen molar-refractivity contribution in [3.8, 4) is 0 Å². The van der Waals surface area contributed by atoms with Crippen LogP contribution in [0.25, 0.3) is 0 Å². The molecule has 3 nitrogen and oxygen atoms in total. The van der Waals surface area contributed by atoms with E-state index in [0.717, 1.165) is 17.3 Å². The minimum atomic E-state index is -0.502. The quantitative estimate of drug-likeness (QED) is 0.313. The standard InChI is InChI=1S/C26H34INO2/c1-25(2,3)30-24(29)28-23(21(18-27)17-26(28,4)5)16-22(19-12-8-6-9-13-19)20-14-10-7-11-15-20/h6-15,21-23H,16-18H2,1-5H3. The van der Waals surface area contributed by atoms with Crippen molar-refractivity contribution < 1.29 is 9.53 Å². The summed E-state index contributed by atoms with van der Waals surface area (Å²) in [6.45, 7) is 10.2. The third kappa shape index (κ3) is 5.37. The third-order valence-corrected chi connectivity index (χ3v) is 7.09. The monoisotopic (exact) mass is 519 g/mol. The second-order valence-corrected chi connectivity index (χ2v) is 10.8. The molecule has 0 radical (unpaired) electrons. The number of carbonyl (C=O) groups excluding carboxylic acids is 1. The van der Waals surface area contributed by atoms with Crippen LogP contribution in [0.4, 0.5) is 4.79 Å². The van der Waals surface area contributed by atoms with Crippen LogP contribution in [0.1, 0.15) is 64.5 Å². The van der Waals surface area contributed by atoms with Gasteiger partial charge >= 0.3 is 6.09 Å². The van der Waals surface area contributed by atoms with Crippen LogP contribution in [0.3, 0.4) is 0 Å². The fourth-order valence-corrected chi connectivity index (χ4v) is 5.66. The number of amides is 1. The lowest BCUT2D eigenvalue weighted by atomic mass is 9.83. The summed E-state index contributed by atoms with van der Waals surface area (Å²) in [5, 5.41) is 0. The number of benzene rings is 2. The zero-order chi connectivity index (χ0) is 21.9. The van der Waals surface area contributed by atoms with Crippen LogP contribution < -0.4 is 0 Å². The number of carbonyl (C=O) groups is 1. The Morgan fingerprint density at radius 3 is 2.00 bits per heavy atom. The highest BCUT2D eigenvalue weighted by Gasteiger charge is 2.50. The molecule has 0 saturated carbocycles. The zero-order valence-corrected chi connectivity index (χ0v) is 20.9. The van der Waals surface area contributed by atoms with Gasteiger partial charge in [0.15, 0.2) is 0 Å². The van der Waals surface area contributed by atoms with Crippen LogP contribution >= 0.6 is 22.6 Å². The number of nitrogens with zero attached hydrogens (tertiary/aromatic N) is 1. The van der Waals surface area contributed by atoms with E-state index in [0.29, 0.717) is 5.92 Å². The fourth-order valence-electron chi connectivity index (χ4n) is 4.76. The van der Waals surface area contributed by atoms with Crippen LogP contribution in [0.2, 0.25) is 0 Å². The van der Waals surface area contributed by atoms with E-state index in [4.69, 9.17) is 4.74 Å². The zero-order valence-electron chi connectivity index (χ0n) is 18.8. The molecule has 30 heavy (non-hydrogen) atoms. The highest BCUT2D eigenvalue weighted by molar-refractivity contribution is 14.1. The molecule has 2 aromatic rings. The van der Waals surface area contributed by atoms with Crippen LogP contribution in [0.15, 0.2) is 60.7 Å². The van der Waals surface area contributed by atoms with Crippen molar-refractivity contribution in [2.75, 3.05) is 4.43 Å². The van der Waals surface area contributed by atoms with E-state index < -0.39 is 5.60 Å². The van der Waals surface area contributed by atoms with Crippen LogP contribution in [0.5, 0.6) is 0 Å². The van der Waals surface area contributed by atoms with E-state index >= 15 is 0 Å². The van der Waals surface area contributed by atoms with Gasteiger partial charge in [-0.2, -0.15) is 0 Å². The predicted molar refractivity (Wildman–Crippen MR) is 132 cm³/mol. The molecule has 3 rings (SSSR count). The first kappa shape index (κ1) is 23.1. The fraction of sp³-hybridized carbons (Fsp3) is 0.500. The van der Waals surface area contributed by atoms with Gasteiger partial charge in [0, 0.05) is 21.9 Å². The van der Waals surface area contributed by atoms with Crippen LogP contribution in [-0.4, -0.2) is 32.6 Å². The first-order valence-electron chi connectivity index (χ1n) is 10.8. The van der Waals surface area contributed by atoms with E-state index in [1.165, 1.54) is 11.1 Å². The molecule has 0 N–H and O–H groups in total. The molecular weight excluding hydrogens is 485 g/mol. The van der Waals surface area contributed by atoms with Crippen molar-refractivity contribution in [1.29, 1.82) is 0 Å². The SMILES string of the molecule is CC(C)(C)OC(=O)N1C(CC(c2ccccc2)c2ccccc2)C(CI)CC1(C)C. The molecule has 1 aliphatic rings. The van der Waals surface area contributed by atoms with Crippen LogP contribution in [-0.2, 0) is 4.74 Å². The third-order valence-electron chi connectivity index (χ3n) is 5.96. The summed E-state index contributed by atoms with van der Waals surface area (Å²) in [5.74, 6) is 0.685. The predicted octanol–water partition coefficient (Wildman–Crippen LogP) is 7.05. The van der Waals surface area contributed by atoms with Gasteiger partial charge in [0.1, 0.15) is 5.60 Å². The molecular formula is C26H34INO2. The van der Waals surface area contributed by atoms with E-state index in [2.05, 4.69) is 97.1 Å². The van der Waals surface area contributed by atoms with Crippen molar-refractivity contribution in [2.24, 2.45) is 5.92 Å². The Kier molecular flexibility index (Phi) is 7.16.